The van der Waals surface area contributed by atoms with Gasteiger partial charge in [0.2, 0.25) is 5.91 Å². The van der Waals surface area contributed by atoms with Crippen LogP contribution in [0.2, 0.25) is 5.02 Å². The Morgan fingerprint density at radius 2 is 2.10 bits per heavy atom. The summed E-state index contributed by atoms with van der Waals surface area (Å²) in [6, 6.07) is 9.78. The van der Waals surface area contributed by atoms with Gasteiger partial charge in [-0.3, -0.25) is 4.79 Å². The highest BCUT2D eigenvalue weighted by atomic mass is 35.5. The van der Waals surface area contributed by atoms with Crippen molar-refractivity contribution in [1.29, 1.82) is 0 Å². The molecule has 0 saturated carbocycles. The second-order valence-electron chi connectivity index (χ2n) is 5.09. The van der Waals surface area contributed by atoms with Gasteiger partial charge in [0.05, 0.1) is 5.25 Å². The van der Waals surface area contributed by atoms with Gasteiger partial charge >= 0.3 is 0 Å². The standard InChI is InChI=1S/C16H16ClNOS2/c1-11(21-14-4-2-13(17)3-5-14)16(19)18-8-6-15-12(10-18)7-9-20-15/h2-5,7,9,11H,6,8,10H2,1H3. The van der Waals surface area contributed by atoms with Crippen molar-refractivity contribution in [2.45, 2.75) is 30.0 Å². The molecule has 1 unspecified atom stereocenters. The molecular formula is C16H16ClNOS2. The first kappa shape index (κ1) is 14.9. The van der Waals surface area contributed by atoms with E-state index in [4.69, 9.17) is 11.6 Å². The number of fused-ring (bicyclic) bond motifs is 1. The van der Waals surface area contributed by atoms with Gasteiger partial charge in [0.15, 0.2) is 0 Å². The second-order valence-corrected chi connectivity index (χ2v) is 7.94. The first-order valence-electron chi connectivity index (χ1n) is 6.90. The van der Waals surface area contributed by atoms with Crippen LogP contribution in [-0.2, 0) is 17.8 Å². The molecule has 2 nitrogen and oxygen atoms in total. The van der Waals surface area contributed by atoms with E-state index in [-0.39, 0.29) is 11.2 Å². The number of halogens is 1. The number of amides is 1. The highest BCUT2D eigenvalue weighted by molar-refractivity contribution is 8.00. The number of nitrogens with zero attached hydrogens (tertiary/aromatic N) is 1. The van der Waals surface area contributed by atoms with Crippen molar-refractivity contribution in [3.63, 3.8) is 0 Å². The summed E-state index contributed by atoms with van der Waals surface area (Å²) < 4.78 is 0. The summed E-state index contributed by atoms with van der Waals surface area (Å²) in [5, 5.41) is 2.76. The van der Waals surface area contributed by atoms with Crippen LogP contribution < -0.4 is 0 Å². The van der Waals surface area contributed by atoms with Crippen LogP contribution in [-0.4, -0.2) is 22.6 Å². The molecule has 0 radical (unpaired) electrons. The van der Waals surface area contributed by atoms with Gasteiger partial charge in [-0.1, -0.05) is 11.6 Å². The minimum absolute atomic E-state index is 0.0774. The lowest BCUT2D eigenvalue weighted by atomic mass is 10.1. The Kier molecular flexibility index (Phi) is 4.57. The van der Waals surface area contributed by atoms with Crippen molar-refractivity contribution in [3.8, 4) is 0 Å². The monoisotopic (exact) mass is 337 g/mol. The van der Waals surface area contributed by atoms with E-state index in [1.165, 1.54) is 10.4 Å². The first-order valence-corrected chi connectivity index (χ1v) is 9.03. The van der Waals surface area contributed by atoms with Crippen LogP contribution >= 0.6 is 34.7 Å². The van der Waals surface area contributed by atoms with Crippen molar-refractivity contribution in [2.75, 3.05) is 6.54 Å². The maximum absolute atomic E-state index is 12.6. The summed E-state index contributed by atoms with van der Waals surface area (Å²) in [6.45, 7) is 3.56. The van der Waals surface area contributed by atoms with Gasteiger partial charge in [0.1, 0.15) is 0 Å². The largest absolute Gasteiger partial charge is 0.337 e. The molecule has 1 aromatic carbocycles. The van der Waals surface area contributed by atoms with Gasteiger partial charge in [0, 0.05) is 27.9 Å². The summed E-state index contributed by atoms with van der Waals surface area (Å²) in [6.07, 6.45) is 0.983. The molecule has 2 aromatic rings. The lowest BCUT2D eigenvalue weighted by Crippen LogP contribution is -2.39. The zero-order chi connectivity index (χ0) is 14.8. The summed E-state index contributed by atoms with van der Waals surface area (Å²) in [7, 11) is 0. The van der Waals surface area contributed by atoms with Crippen LogP contribution in [0, 0.1) is 0 Å². The molecule has 0 spiro atoms. The molecule has 1 aliphatic rings. The predicted molar refractivity (Wildman–Crippen MR) is 90.2 cm³/mol. The molecule has 3 rings (SSSR count). The molecule has 0 bridgehead atoms. The molecule has 0 N–H and O–H groups in total. The summed E-state index contributed by atoms with van der Waals surface area (Å²) in [5.74, 6) is 0.215. The fourth-order valence-electron chi connectivity index (χ4n) is 2.46. The van der Waals surface area contributed by atoms with E-state index in [0.717, 1.165) is 29.4 Å². The lowest BCUT2D eigenvalue weighted by Gasteiger charge is -2.29. The molecule has 0 fully saturated rings. The molecule has 5 heteroatoms. The molecule has 110 valence electrons. The van der Waals surface area contributed by atoms with Crippen LogP contribution in [0.5, 0.6) is 0 Å². The minimum Gasteiger partial charge on any atom is -0.337 e. The van der Waals surface area contributed by atoms with Gasteiger partial charge in [0.25, 0.3) is 0 Å². The van der Waals surface area contributed by atoms with Gasteiger partial charge in [-0.05, 0) is 54.6 Å². The topological polar surface area (TPSA) is 20.3 Å². The number of carbonyl (C=O) groups is 1. The third kappa shape index (κ3) is 3.44. The molecule has 1 atom stereocenters. The number of benzene rings is 1. The van der Waals surface area contributed by atoms with Crippen LogP contribution in [0.1, 0.15) is 17.4 Å². The van der Waals surface area contributed by atoms with E-state index < -0.39 is 0 Å². The van der Waals surface area contributed by atoms with Crippen molar-refractivity contribution in [2.24, 2.45) is 0 Å². The van der Waals surface area contributed by atoms with E-state index in [1.54, 1.807) is 23.1 Å². The summed E-state index contributed by atoms with van der Waals surface area (Å²) >= 11 is 9.27. The summed E-state index contributed by atoms with van der Waals surface area (Å²) in [5.41, 5.74) is 1.31. The number of rotatable bonds is 3. The van der Waals surface area contributed by atoms with Gasteiger partial charge in [-0.25, -0.2) is 0 Å². The highest BCUT2D eigenvalue weighted by Crippen LogP contribution is 2.29. The number of carbonyl (C=O) groups excluding carboxylic acids is 1. The SMILES string of the molecule is CC(Sc1ccc(Cl)cc1)C(=O)N1CCc2sccc2C1. The number of thiophene rings is 1. The van der Waals surface area contributed by atoms with Crippen LogP contribution in [0.3, 0.4) is 0 Å². The number of thioether (sulfide) groups is 1. The Bertz CT molecular complexity index is 638. The average molecular weight is 338 g/mol. The quantitative estimate of drug-likeness (QED) is 0.770. The average Bonchev–Trinajstić information content (AvgIpc) is 2.96. The molecular weight excluding hydrogens is 322 g/mol. The van der Waals surface area contributed by atoms with Gasteiger partial charge in [-0.15, -0.1) is 23.1 Å². The Morgan fingerprint density at radius 1 is 1.33 bits per heavy atom. The third-order valence-electron chi connectivity index (χ3n) is 3.59. The van der Waals surface area contributed by atoms with E-state index in [9.17, 15) is 4.79 Å². The number of hydrogen-bond acceptors (Lipinski definition) is 3. The molecule has 21 heavy (non-hydrogen) atoms. The molecule has 0 saturated heterocycles. The molecule has 1 aromatic heterocycles. The first-order chi connectivity index (χ1) is 10.1. The lowest BCUT2D eigenvalue weighted by molar-refractivity contribution is -0.131. The van der Waals surface area contributed by atoms with Crippen molar-refractivity contribution in [1.82, 2.24) is 4.90 Å². The fraction of sp³-hybridized carbons (Fsp3) is 0.312. The Balaban J connectivity index is 1.64. The molecule has 1 amide bonds. The fourth-order valence-corrected chi connectivity index (χ4v) is 4.43. The molecule has 2 heterocycles. The smallest absolute Gasteiger partial charge is 0.236 e. The molecule has 0 aliphatic carbocycles. The predicted octanol–water partition coefficient (Wildman–Crippen LogP) is 4.47. The van der Waals surface area contributed by atoms with E-state index >= 15 is 0 Å². The Morgan fingerprint density at radius 3 is 2.86 bits per heavy atom. The van der Waals surface area contributed by atoms with E-state index in [1.807, 2.05) is 36.1 Å². The minimum atomic E-state index is -0.0774. The summed E-state index contributed by atoms with van der Waals surface area (Å²) in [4.78, 5) is 17.1. The van der Waals surface area contributed by atoms with Crippen LogP contribution in [0.25, 0.3) is 0 Å². The maximum Gasteiger partial charge on any atom is 0.236 e. The highest BCUT2D eigenvalue weighted by Gasteiger charge is 2.25. The second kappa shape index (κ2) is 6.42. The zero-order valence-electron chi connectivity index (χ0n) is 11.7. The number of hydrogen-bond donors (Lipinski definition) is 0. The van der Waals surface area contributed by atoms with Crippen LogP contribution in [0.15, 0.2) is 40.6 Å². The third-order valence-corrected chi connectivity index (χ3v) is 5.97. The van der Waals surface area contributed by atoms with E-state index in [2.05, 4.69) is 11.4 Å². The normalized spacial score (nSPS) is 15.6. The van der Waals surface area contributed by atoms with Gasteiger partial charge in [-0.2, -0.15) is 0 Å². The Hall–Kier alpha value is -0.970. The van der Waals surface area contributed by atoms with Crippen molar-refractivity contribution in [3.05, 3.63) is 51.2 Å². The van der Waals surface area contributed by atoms with Crippen molar-refractivity contribution < 1.29 is 4.79 Å². The van der Waals surface area contributed by atoms with Crippen LogP contribution in [0.4, 0.5) is 0 Å². The van der Waals surface area contributed by atoms with Gasteiger partial charge < -0.3 is 4.90 Å². The van der Waals surface area contributed by atoms with E-state index in [0.29, 0.717) is 0 Å². The zero-order valence-corrected chi connectivity index (χ0v) is 14.1. The molecule has 1 aliphatic heterocycles. The Labute approximate surface area is 138 Å². The maximum atomic E-state index is 12.6. The van der Waals surface area contributed by atoms with Crippen molar-refractivity contribution >= 4 is 40.6 Å².